The summed E-state index contributed by atoms with van der Waals surface area (Å²) in [5.74, 6) is 0.956. The predicted molar refractivity (Wildman–Crippen MR) is 109 cm³/mol. The molecule has 1 atom stereocenters. The van der Waals surface area contributed by atoms with E-state index in [1.165, 1.54) is 0 Å². The second-order valence-electron chi connectivity index (χ2n) is 7.49. The first-order valence-electron chi connectivity index (χ1n) is 8.64. The molecule has 1 aromatic carbocycles. The molecule has 0 bridgehead atoms. The van der Waals surface area contributed by atoms with E-state index in [0.717, 1.165) is 45.0 Å². The molecule has 0 spiro atoms. The summed E-state index contributed by atoms with van der Waals surface area (Å²) in [5, 5.41) is 4.24. The monoisotopic (exact) mass is 432 g/mol. The SMILES string of the molecule is CC(C)(C)c1csc(C2CN(c3ncnc4ccc(Br)cc34)CCO2)n1. The number of morpholine rings is 1. The van der Waals surface area contributed by atoms with E-state index in [4.69, 9.17) is 9.72 Å². The number of benzene rings is 1. The van der Waals surface area contributed by atoms with Gasteiger partial charge >= 0.3 is 0 Å². The van der Waals surface area contributed by atoms with Gasteiger partial charge < -0.3 is 9.64 Å². The van der Waals surface area contributed by atoms with Gasteiger partial charge in [-0.25, -0.2) is 15.0 Å². The number of anilines is 1. The summed E-state index contributed by atoms with van der Waals surface area (Å²) in [4.78, 5) is 16.1. The van der Waals surface area contributed by atoms with E-state index in [2.05, 4.69) is 63.0 Å². The number of hydrogen-bond acceptors (Lipinski definition) is 6. The molecule has 0 aliphatic carbocycles. The number of fused-ring (bicyclic) bond motifs is 1. The number of nitrogens with zero attached hydrogens (tertiary/aromatic N) is 4. The lowest BCUT2D eigenvalue weighted by Gasteiger charge is -2.33. The third kappa shape index (κ3) is 3.48. The molecular weight excluding hydrogens is 412 g/mol. The lowest BCUT2D eigenvalue weighted by molar-refractivity contribution is 0.0393. The van der Waals surface area contributed by atoms with Crippen LogP contribution >= 0.6 is 27.3 Å². The second kappa shape index (κ2) is 6.87. The van der Waals surface area contributed by atoms with E-state index in [1.807, 2.05) is 12.1 Å². The van der Waals surface area contributed by atoms with Crippen molar-refractivity contribution in [2.75, 3.05) is 24.6 Å². The maximum absolute atomic E-state index is 6.03. The number of thiazole rings is 1. The minimum absolute atomic E-state index is 0.0259. The maximum atomic E-state index is 6.03. The molecule has 0 N–H and O–H groups in total. The Balaban J connectivity index is 1.63. The summed E-state index contributed by atoms with van der Waals surface area (Å²) in [6.45, 7) is 8.78. The Morgan fingerprint density at radius 2 is 2.12 bits per heavy atom. The molecule has 3 heterocycles. The number of hydrogen-bond donors (Lipinski definition) is 0. The fraction of sp³-hybridized carbons (Fsp3) is 0.421. The molecular formula is C19H21BrN4OS. The minimum atomic E-state index is -0.0259. The highest BCUT2D eigenvalue weighted by molar-refractivity contribution is 9.10. The number of halogens is 1. The van der Waals surface area contributed by atoms with Crippen LogP contribution < -0.4 is 4.90 Å². The minimum Gasteiger partial charge on any atom is -0.367 e. The van der Waals surface area contributed by atoms with Crippen LogP contribution in [0.3, 0.4) is 0 Å². The van der Waals surface area contributed by atoms with Crippen molar-refractivity contribution in [3.8, 4) is 0 Å². The first-order valence-corrected chi connectivity index (χ1v) is 10.3. The lowest BCUT2D eigenvalue weighted by Crippen LogP contribution is -2.39. The van der Waals surface area contributed by atoms with Gasteiger partial charge in [-0.1, -0.05) is 36.7 Å². The first kappa shape index (κ1) is 17.8. The Hall–Kier alpha value is -1.57. The highest BCUT2D eigenvalue weighted by atomic mass is 79.9. The fourth-order valence-corrected chi connectivity index (χ4v) is 4.48. The van der Waals surface area contributed by atoms with Crippen LogP contribution in [-0.2, 0) is 10.2 Å². The molecule has 3 aromatic rings. The van der Waals surface area contributed by atoms with Crippen LogP contribution in [0.4, 0.5) is 5.82 Å². The van der Waals surface area contributed by atoms with E-state index < -0.39 is 0 Å². The topological polar surface area (TPSA) is 51.1 Å². The summed E-state index contributed by atoms with van der Waals surface area (Å²) in [5.41, 5.74) is 2.12. The molecule has 7 heteroatoms. The molecule has 1 saturated heterocycles. The van der Waals surface area contributed by atoms with Gasteiger partial charge in [-0.15, -0.1) is 11.3 Å². The number of aromatic nitrogens is 3. The van der Waals surface area contributed by atoms with Crippen LogP contribution in [0, 0.1) is 0 Å². The van der Waals surface area contributed by atoms with Crippen molar-refractivity contribution < 1.29 is 4.74 Å². The largest absolute Gasteiger partial charge is 0.367 e. The molecule has 5 nitrogen and oxygen atoms in total. The van der Waals surface area contributed by atoms with Gasteiger partial charge in [-0.3, -0.25) is 0 Å². The molecule has 0 saturated carbocycles. The van der Waals surface area contributed by atoms with Crippen LogP contribution in [0.25, 0.3) is 10.9 Å². The summed E-state index contributed by atoms with van der Waals surface area (Å²) >= 11 is 5.24. The van der Waals surface area contributed by atoms with Gasteiger partial charge in [-0.2, -0.15) is 0 Å². The van der Waals surface area contributed by atoms with E-state index in [1.54, 1.807) is 17.7 Å². The summed E-state index contributed by atoms with van der Waals surface area (Å²) in [6, 6.07) is 6.10. The smallest absolute Gasteiger partial charge is 0.140 e. The van der Waals surface area contributed by atoms with E-state index in [0.29, 0.717) is 6.61 Å². The van der Waals surface area contributed by atoms with Crippen molar-refractivity contribution in [3.63, 3.8) is 0 Å². The third-order valence-electron chi connectivity index (χ3n) is 4.51. The summed E-state index contributed by atoms with van der Waals surface area (Å²) in [7, 11) is 0. The molecule has 2 aromatic heterocycles. The molecule has 26 heavy (non-hydrogen) atoms. The predicted octanol–water partition coefficient (Wildman–Crippen LogP) is 4.72. The lowest BCUT2D eigenvalue weighted by atomic mass is 9.93. The molecule has 1 aliphatic heterocycles. The Labute approximate surface area is 165 Å². The van der Waals surface area contributed by atoms with Gasteiger partial charge in [0.15, 0.2) is 0 Å². The zero-order chi connectivity index (χ0) is 18.3. The standard InChI is InChI=1S/C19H21BrN4OS/c1-19(2,3)16-10-26-18(23-16)15-9-24(6-7-25-15)17-13-8-12(20)4-5-14(13)21-11-22-17/h4-5,8,10-11,15H,6-7,9H2,1-3H3. The highest BCUT2D eigenvalue weighted by Crippen LogP contribution is 2.33. The first-order chi connectivity index (χ1) is 12.4. The molecule has 1 unspecified atom stereocenters. The quantitative estimate of drug-likeness (QED) is 0.585. The average molecular weight is 433 g/mol. The Morgan fingerprint density at radius 3 is 2.88 bits per heavy atom. The Bertz CT molecular complexity index is 937. The molecule has 1 fully saturated rings. The average Bonchev–Trinajstić information content (AvgIpc) is 3.12. The van der Waals surface area contributed by atoms with Crippen molar-refractivity contribution in [3.05, 3.63) is 45.1 Å². The fourth-order valence-electron chi connectivity index (χ4n) is 3.04. The van der Waals surface area contributed by atoms with Gasteiger partial charge in [0.2, 0.25) is 0 Å². The van der Waals surface area contributed by atoms with Gasteiger partial charge in [0.05, 0.1) is 24.4 Å². The van der Waals surface area contributed by atoms with E-state index in [9.17, 15) is 0 Å². The zero-order valence-corrected chi connectivity index (χ0v) is 17.5. The number of ether oxygens (including phenoxy) is 1. The second-order valence-corrected chi connectivity index (χ2v) is 9.29. The summed E-state index contributed by atoms with van der Waals surface area (Å²) in [6.07, 6.45) is 1.61. The van der Waals surface area contributed by atoms with Crippen LogP contribution in [0.2, 0.25) is 0 Å². The molecule has 4 rings (SSSR count). The van der Waals surface area contributed by atoms with Crippen LogP contribution in [0.1, 0.15) is 37.6 Å². The molecule has 1 aliphatic rings. The molecule has 136 valence electrons. The summed E-state index contributed by atoms with van der Waals surface area (Å²) < 4.78 is 7.06. The van der Waals surface area contributed by atoms with Gasteiger partial charge in [0.25, 0.3) is 0 Å². The van der Waals surface area contributed by atoms with Crippen molar-refractivity contribution in [1.82, 2.24) is 15.0 Å². The molecule has 0 radical (unpaired) electrons. The highest BCUT2D eigenvalue weighted by Gasteiger charge is 2.28. The van der Waals surface area contributed by atoms with Gasteiger partial charge in [0.1, 0.15) is 23.3 Å². The van der Waals surface area contributed by atoms with Crippen molar-refractivity contribution in [1.29, 1.82) is 0 Å². The maximum Gasteiger partial charge on any atom is 0.140 e. The zero-order valence-electron chi connectivity index (χ0n) is 15.1. The molecule has 0 amide bonds. The van der Waals surface area contributed by atoms with Crippen molar-refractivity contribution >= 4 is 44.0 Å². The van der Waals surface area contributed by atoms with Crippen molar-refractivity contribution in [2.24, 2.45) is 0 Å². The third-order valence-corrected chi connectivity index (χ3v) is 5.94. The van der Waals surface area contributed by atoms with E-state index in [-0.39, 0.29) is 11.5 Å². The normalized spacial score (nSPS) is 18.5. The van der Waals surface area contributed by atoms with E-state index >= 15 is 0 Å². The number of rotatable bonds is 2. The Kier molecular flexibility index (Phi) is 4.71. The van der Waals surface area contributed by atoms with Crippen LogP contribution in [0.15, 0.2) is 34.4 Å². The van der Waals surface area contributed by atoms with Crippen molar-refractivity contribution in [2.45, 2.75) is 32.3 Å². The van der Waals surface area contributed by atoms with Gasteiger partial charge in [0, 0.05) is 27.2 Å². The van der Waals surface area contributed by atoms with Gasteiger partial charge in [-0.05, 0) is 18.2 Å². The Morgan fingerprint density at radius 1 is 1.27 bits per heavy atom. The van der Waals surface area contributed by atoms with Crippen LogP contribution in [-0.4, -0.2) is 34.6 Å². The van der Waals surface area contributed by atoms with Crippen LogP contribution in [0.5, 0.6) is 0 Å².